The smallest absolute Gasteiger partial charge is 0.343 e. The van der Waals surface area contributed by atoms with E-state index in [4.69, 9.17) is 10.5 Å². The molecule has 27 heavy (non-hydrogen) atoms. The van der Waals surface area contributed by atoms with Crippen LogP contribution in [0.1, 0.15) is 27.9 Å². The largest absolute Gasteiger partial charge is 0.417 e. The van der Waals surface area contributed by atoms with Gasteiger partial charge in [0.25, 0.3) is 11.8 Å². The Morgan fingerprint density at radius 3 is 2.52 bits per heavy atom. The molecule has 0 aliphatic carbocycles. The minimum atomic E-state index is -4.92. The lowest BCUT2D eigenvalue weighted by atomic mass is 10.0. The van der Waals surface area contributed by atoms with Crippen molar-refractivity contribution >= 4 is 11.8 Å². The van der Waals surface area contributed by atoms with Crippen LogP contribution in [0.5, 0.6) is 0 Å². The normalized spacial score (nSPS) is 18.5. The van der Waals surface area contributed by atoms with Gasteiger partial charge in [-0.15, -0.1) is 0 Å². The molecule has 142 valence electrons. The van der Waals surface area contributed by atoms with Crippen molar-refractivity contribution in [2.75, 3.05) is 13.1 Å². The third kappa shape index (κ3) is 4.50. The van der Waals surface area contributed by atoms with E-state index in [1.807, 2.05) is 5.32 Å². The molecule has 11 heteroatoms. The molecule has 1 N–H and O–H groups in total. The van der Waals surface area contributed by atoms with Gasteiger partial charge >= 0.3 is 6.18 Å². The van der Waals surface area contributed by atoms with Crippen molar-refractivity contribution in [3.05, 3.63) is 34.9 Å². The number of nitrogens with zero attached hydrogens (tertiary/aromatic N) is 3. The first-order valence-corrected chi connectivity index (χ1v) is 7.45. The van der Waals surface area contributed by atoms with Crippen LogP contribution < -0.4 is 5.32 Å². The number of amides is 2. The molecular weight excluding hydrogens is 375 g/mol. The van der Waals surface area contributed by atoms with E-state index in [9.17, 15) is 31.5 Å². The number of halogens is 5. The summed E-state index contributed by atoms with van der Waals surface area (Å²) >= 11 is 0. The summed E-state index contributed by atoms with van der Waals surface area (Å²) in [4.78, 5) is 24.6. The Kier molecular flexibility index (Phi) is 5.36. The van der Waals surface area contributed by atoms with Gasteiger partial charge in [-0.2, -0.15) is 23.7 Å². The van der Waals surface area contributed by atoms with Gasteiger partial charge in [-0.3, -0.25) is 9.59 Å². The Labute approximate surface area is 149 Å². The lowest BCUT2D eigenvalue weighted by Gasteiger charge is -2.19. The first kappa shape index (κ1) is 20.1. The molecule has 1 aromatic rings. The number of nitrogens with one attached hydrogen (secondary N) is 1. The van der Waals surface area contributed by atoms with Gasteiger partial charge in [0.05, 0.1) is 41.9 Å². The topological polar surface area (TPSA) is 97.0 Å². The third-order valence-corrected chi connectivity index (χ3v) is 3.84. The fourth-order valence-electron chi connectivity index (χ4n) is 2.59. The molecule has 1 aliphatic rings. The summed E-state index contributed by atoms with van der Waals surface area (Å²) in [6, 6.07) is 3.95. The van der Waals surface area contributed by atoms with Gasteiger partial charge in [0, 0.05) is 6.42 Å². The highest BCUT2D eigenvalue weighted by molar-refractivity contribution is 5.98. The maximum absolute atomic E-state index is 13.3. The van der Waals surface area contributed by atoms with E-state index < -0.39 is 60.6 Å². The minimum absolute atomic E-state index is 0.314. The van der Waals surface area contributed by atoms with Crippen molar-refractivity contribution in [3.63, 3.8) is 0 Å². The molecule has 1 atom stereocenters. The van der Waals surface area contributed by atoms with Crippen LogP contribution in [0.2, 0.25) is 0 Å². The number of carbonyl (C=O) groups is 2. The highest BCUT2D eigenvalue weighted by Crippen LogP contribution is 2.33. The number of rotatable bonds is 3. The number of benzene rings is 1. The Morgan fingerprint density at radius 2 is 1.96 bits per heavy atom. The van der Waals surface area contributed by atoms with Gasteiger partial charge in [0.2, 0.25) is 5.91 Å². The molecule has 0 saturated carbocycles. The summed E-state index contributed by atoms with van der Waals surface area (Å²) < 4.78 is 65.9. The zero-order valence-electron chi connectivity index (χ0n) is 13.5. The Bertz CT molecular complexity index is 854. The molecular formula is C16H11F5N4O2. The van der Waals surface area contributed by atoms with E-state index in [0.29, 0.717) is 11.0 Å². The molecule has 1 unspecified atom stereocenters. The van der Waals surface area contributed by atoms with Crippen LogP contribution >= 0.6 is 0 Å². The quantitative estimate of drug-likeness (QED) is 0.805. The van der Waals surface area contributed by atoms with Crippen molar-refractivity contribution in [1.82, 2.24) is 10.2 Å². The maximum Gasteiger partial charge on any atom is 0.417 e. The zero-order chi connectivity index (χ0) is 20.4. The molecule has 1 aliphatic heterocycles. The molecule has 0 spiro atoms. The monoisotopic (exact) mass is 386 g/mol. The molecule has 2 rings (SSSR count). The van der Waals surface area contributed by atoms with Crippen molar-refractivity contribution < 1.29 is 31.5 Å². The molecule has 0 radical (unpaired) electrons. The van der Waals surface area contributed by atoms with Gasteiger partial charge in [-0.05, 0) is 18.2 Å². The molecule has 1 heterocycles. The SMILES string of the molecule is N#Cc1ccc(C(=O)NCC(=O)N2CC(F)(F)CC2C#N)c(C(F)(F)F)c1. The fourth-order valence-corrected chi connectivity index (χ4v) is 2.59. The van der Waals surface area contributed by atoms with Gasteiger partial charge in [0.15, 0.2) is 0 Å². The van der Waals surface area contributed by atoms with Crippen LogP contribution in [0.4, 0.5) is 22.0 Å². The molecule has 2 amide bonds. The second-order valence-corrected chi connectivity index (χ2v) is 5.78. The van der Waals surface area contributed by atoms with Gasteiger partial charge in [-0.1, -0.05) is 0 Å². The number of alkyl halides is 5. The van der Waals surface area contributed by atoms with E-state index >= 15 is 0 Å². The van der Waals surface area contributed by atoms with E-state index in [0.717, 1.165) is 12.1 Å². The summed E-state index contributed by atoms with van der Waals surface area (Å²) in [5, 5.41) is 19.5. The Hall–Kier alpha value is -3.21. The van der Waals surface area contributed by atoms with Crippen molar-refractivity contribution in [2.24, 2.45) is 0 Å². The van der Waals surface area contributed by atoms with Crippen LogP contribution in [0.15, 0.2) is 18.2 Å². The van der Waals surface area contributed by atoms with Gasteiger partial charge < -0.3 is 10.2 Å². The summed E-state index contributed by atoms with van der Waals surface area (Å²) in [6.45, 7) is -1.87. The second-order valence-electron chi connectivity index (χ2n) is 5.78. The van der Waals surface area contributed by atoms with E-state index in [1.54, 1.807) is 6.07 Å². The summed E-state index contributed by atoms with van der Waals surface area (Å²) in [6.07, 6.45) is -5.77. The maximum atomic E-state index is 13.3. The van der Waals surface area contributed by atoms with Crippen LogP contribution in [0.3, 0.4) is 0 Å². The highest BCUT2D eigenvalue weighted by Gasteiger charge is 2.47. The number of hydrogen-bond acceptors (Lipinski definition) is 4. The van der Waals surface area contributed by atoms with Crippen LogP contribution in [-0.2, 0) is 11.0 Å². The van der Waals surface area contributed by atoms with E-state index in [1.165, 1.54) is 6.07 Å². The first-order valence-electron chi connectivity index (χ1n) is 7.45. The number of likely N-dealkylation sites (tertiary alicyclic amines) is 1. The van der Waals surface area contributed by atoms with Gasteiger partial charge in [-0.25, -0.2) is 8.78 Å². The highest BCUT2D eigenvalue weighted by atomic mass is 19.4. The Morgan fingerprint density at radius 1 is 1.30 bits per heavy atom. The van der Waals surface area contributed by atoms with Crippen molar-refractivity contribution in [2.45, 2.75) is 24.6 Å². The van der Waals surface area contributed by atoms with Crippen molar-refractivity contribution in [3.8, 4) is 12.1 Å². The predicted octanol–water partition coefficient (Wildman–Crippen LogP) is 2.07. The lowest BCUT2D eigenvalue weighted by Crippen LogP contribution is -2.43. The molecule has 1 fully saturated rings. The molecule has 0 bridgehead atoms. The molecule has 6 nitrogen and oxygen atoms in total. The molecule has 1 saturated heterocycles. The summed E-state index contributed by atoms with van der Waals surface area (Å²) in [7, 11) is 0. The number of nitriles is 2. The standard InChI is InChI=1S/C16H11F5N4O2/c17-15(18)4-10(6-23)25(8-15)13(26)7-24-14(27)11-2-1-9(5-22)3-12(11)16(19,20)21/h1-3,10H,4,7-8H2,(H,24,27). The van der Waals surface area contributed by atoms with E-state index in [-0.39, 0.29) is 5.56 Å². The van der Waals surface area contributed by atoms with E-state index in [2.05, 4.69) is 0 Å². The second kappa shape index (κ2) is 7.19. The summed E-state index contributed by atoms with van der Waals surface area (Å²) in [5.41, 5.74) is -2.50. The van der Waals surface area contributed by atoms with Crippen LogP contribution in [0.25, 0.3) is 0 Å². The van der Waals surface area contributed by atoms with Crippen molar-refractivity contribution in [1.29, 1.82) is 10.5 Å². The minimum Gasteiger partial charge on any atom is -0.343 e. The van der Waals surface area contributed by atoms with Crippen LogP contribution in [0, 0.1) is 22.7 Å². The number of carbonyl (C=O) groups excluding carboxylic acids is 2. The molecule has 0 aromatic heterocycles. The zero-order valence-corrected chi connectivity index (χ0v) is 13.5. The summed E-state index contributed by atoms with van der Waals surface area (Å²) in [5.74, 6) is -5.54. The van der Waals surface area contributed by atoms with Crippen LogP contribution in [-0.4, -0.2) is 41.8 Å². The first-order chi connectivity index (χ1) is 12.5. The third-order valence-electron chi connectivity index (χ3n) is 3.84. The number of hydrogen-bond donors (Lipinski definition) is 1. The average molecular weight is 386 g/mol. The predicted molar refractivity (Wildman–Crippen MR) is 79.2 cm³/mol. The average Bonchev–Trinajstić information content (AvgIpc) is 2.93. The lowest BCUT2D eigenvalue weighted by molar-refractivity contribution is -0.138. The van der Waals surface area contributed by atoms with Gasteiger partial charge in [0.1, 0.15) is 6.04 Å². The fraction of sp³-hybridized carbons (Fsp3) is 0.375. The molecule has 1 aromatic carbocycles. The Balaban J connectivity index is 2.14.